The highest BCUT2D eigenvalue weighted by Crippen LogP contribution is 2.22. The van der Waals surface area contributed by atoms with Crippen LogP contribution in [-0.4, -0.2) is 50.3 Å². The molecule has 2 aromatic rings. The van der Waals surface area contributed by atoms with E-state index in [9.17, 15) is 4.79 Å². The maximum Gasteiger partial charge on any atom is 0.258 e. The predicted molar refractivity (Wildman–Crippen MR) is 106 cm³/mol. The van der Waals surface area contributed by atoms with Crippen LogP contribution in [-0.2, 0) is 9.53 Å². The van der Waals surface area contributed by atoms with Gasteiger partial charge in [-0.2, -0.15) is 0 Å². The van der Waals surface area contributed by atoms with E-state index < -0.39 is 0 Å². The smallest absolute Gasteiger partial charge is 0.258 e. The topological polar surface area (TPSA) is 50.8 Å². The van der Waals surface area contributed by atoms with Crippen molar-refractivity contribution in [1.29, 1.82) is 0 Å². The highest BCUT2D eigenvalue weighted by Gasteiger charge is 2.20. The number of hydrogen-bond donors (Lipinski definition) is 1. The molecular weight excluding hydrogens is 340 g/mol. The number of nitrogens with one attached hydrogen (secondary N) is 1. The molecule has 0 spiro atoms. The summed E-state index contributed by atoms with van der Waals surface area (Å²) >= 11 is 0. The first-order chi connectivity index (χ1) is 13.1. The van der Waals surface area contributed by atoms with Crippen molar-refractivity contribution in [2.45, 2.75) is 19.9 Å². The molecule has 0 bridgehead atoms. The Morgan fingerprint density at radius 1 is 1.07 bits per heavy atom. The fraction of sp³-hybridized carbons (Fsp3) is 0.409. The molecule has 1 atom stereocenters. The van der Waals surface area contributed by atoms with E-state index in [4.69, 9.17) is 9.47 Å². The summed E-state index contributed by atoms with van der Waals surface area (Å²) in [6.45, 7) is 8.02. The van der Waals surface area contributed by atoms with Crippen molar-refractivity contribution in [3.05, 3.63) is 65.2 Å². The van der Waals surface area contributed by atoms with E-state index >= 15 is 0 Å². The maximum absolute atomic E-state index is 12.6. The van der Waals surface area contributed by atoms with Crippen molar-refractivity contribution in [3.8, 4) is 5.75 Å². The molecule has 1 heterocycles. The SMILES string of the molecule is Cc1cccc(C)c1OCC(=O)N[C@H](CN1CCOCC1)c1ccccc1. The lowest BCUT2D eigenvalue weighted by atomic mass is 10.1. The molecule has 27 heavy (non-hydrogen) atoms. The summed E-state index contributed by atoms with van der Waals surface area (Å²) < 4.78 is 11.2. The molecule has 1 saturated heterocycles. The van der Waals surface area contributed by atoms with Crippen LogP contribution in [0.1, 0.15) is 22.7 Å². The van der Waals surface area contributed by atoms with Crippen LogP contribution in [0.3, 0.4) is 0 Å². The van der Waals surface area contributed by atoms with E-state index in [0.717, 1.165) is 55.3 Å². The maximum atomic E-state index is 12.6. The van der Waals surface area contributed by atoms with E-state index in [1.165, 1.54) is 0 Å². The third-order valence-electron chi connectivity index (χ3n) is 4.84. The van der Waals surface area contributed by atoms with Crippen molar-refractivity contribution in [2.24, 2.45) is 0 Å². The molecule has 0 radical (unpaired) electrons. The Kier molecular flexibility index (Phi) is 6.85. The van der Waals surface area contributed by atoms with E-state index in [-0.39, 0.29) is 18.6 Å². The van der Waals surface area contributed by atoms with Crippen LogP contribution in [0.15, 0.2) is 48.5 Å². The van der Waals surface area contributed by atoms with Crippen molar-refractivity contribution in [2.75, 3.05) is 39.5 Å². The lowest BCUT2D eigenvalue weighted by Gasteiger charge is -2.31. The highest BCUT2D eigenvalue weighted by atomic mass is 16.5. The largest absolute Gasteiger partial charge is 0.483 e. The molecule has 3 rings (SSSR count). The Labute approximate surface area is 161 Å². The molecule has 5 heteroatoms. The van der Waals surface area contributed by atoms with Crippen molar-refractivity contribution in [3.63, 3.8) is 0 Å². The molecule has 2 aromatic carbocycles. The Hall–Kier alpha value is -2.37. The average molecular weight is 368 g/mol. The third kappa shape index (κ3) is 5.55. The number of aryl methyl sites for hydroxylation is 2. The van der Waals surface area contributed by atoms with Gasteiger partial charge in [0.05, 0.1) is 19.3 Å². The van der Waals surface area contributed by atoms with Crippen LogP contribution >= 0.6 is 0 Å². The number of amides is 1. The van der Waals surface area contributed by atoms with Gasteiger partial charge in [-0.15, -0.1) is 0 Å². The summed E-state index contributed by atoms with van der Waals surface area (Å²) in [6, 6.07) is 16.0. The van der Waals surface area contributed by atoms with Crippen molar-refractivity contribution in [1.82, 2.24) is 10.2 Å². The molecule has 1 N–H and O–H groups in total. The van der Waals surface area contributed by atoms with E-state index in [2.05, 4.69) is 22.3 Å². The van der Waals surface area contributed by atoms with E-state index in [1.54, 1.807) is 0 Å². The number of carbonyl (C=O) groups is 1. The van der Waals surface area contributed by atoms with Gasteiger partial charge in [-0.3, -0.25) is 9.69 Å². The van der Waals surface area contributed by atoms with Gasteiger partial charge in [0.2, 0.25) is 0 Å². The molecule has 1 aliphatic heterocycles. The highest BCUT2D eigenvalue weighted by molar-refractivity contribution is 5.78. The minimum absolute atomic E-state index is 0.0120. The monoisotopic (exact) mass is 368 g/mol. The summed E-state index contributed by atoms with van der Waals surface area (Å²) in [4.78, 5) is 14.9. The number of benzene rings is 2. The lowest BCUT2D eigenvalue weighted by molar-refractivity contribution is -0.124. The van der Waals surface area contributed by atoms with E-state index in [1.807, 2.05) is 50.2 Å². The van der Waals surface area contributed by atoms with Crippen molar-refractivity contribution >= 4 is 5.91 Å². The first-order valence-corrected chi connectivity index (χ1v) is 9.47. The van der Waals surface area contributed by atoms with Crippen LogP contribution in [0.25, 0.3) is 0 Å². The average Bonchev–Trinajstić information content (AvgIpc) is 2.68. The third-order valence-corrected chi connectivity index (χ3v) is 4.84. The van der Waals surface area contributed by atoms with E-state index in [0.29, 0.717) is 0 Å². The second-order valence-electron chi connectivity index (χ2n) is 6.95. The lowest BCUT2D eigenvalue weighted by Crippen LogP contribution is -2.44. The second kappa shape index (κ2) is 9.53. The van der Waals surface area contributed by atoms with Crippen LogP contribution < -0.4 is 10.1 Å². The van der Waals surface area contributed by atoms with Gasteiger partial charge < -0.3 is 14.8 Å². The minimum Gasteiger partial charge on any atom is -0.483 e. The summed E-state index contributed by atoms with van der Waals surface area (Å²) in [6.07, 6.45) is 0. The quantitative estimate of drug-likeness (QED) is 0.817. The normalized spacial score (nSPS) is 15.9. The molecule has 0 unspecified atom stereocenters. The summed E-state index contributed by atoms with van der Waals surface area (Å²) in [5.41, 5.74) is 3.18. The number of hydrogen-bond acceptors (Lipinski definition) is 4. The number of rotatable bonds is 7. The van der Waals surface area contributed by atoms with Gasteiger partial charge in [0.25, 0.3) is 5.91 Å². The predicted octanol–water partition coefficient (Wildman–Crippen LogP) is 2.87. The van der Waals surface area contributed by atoms with Crippen LogP contribution in [0.5, 0.6) is 5.75 Å². The molecular formula is C22H28N2O3. The standard InChI is InChI=1S/C22H28N2O3/c1-17-7-6-8-18(2)22(17)27-16-21(25)23-20(19-9-4-3-5-10-19)15-24-11-13-26-14-12-24/h3-10,20H,11-16H2,1-2H3,(H,23,25)/t20-/m1/s1. The molecule has 1 amide bonds. The zero-order valence-corrected chi connectivity index (χ0v) is 16.1. The van der Waals surface area contributed by atoms with Gasteiger partial charge in [0.15, 0.2) is 6.61 Å². The van der Waals surface area contributed by atoms with Gasteiger partial charge in [-0.1, -0.05) is 48.5 Å². The number of nitrogens with zero attached hydrogens (tertiary/aromatic N) is 1. The zero-order valence-electron chi connectivity index (χ0n) is 16.1. The zero-order chi connectivity index (χ0) is 19.1. The molecule has 5 nitrogen and oxygen atoms in total. The van der Waals surface area contributed by atoms with Crippen LogP contribution in [0.4, 0.5) is 0 Å². The second-order valence-corrected chi connectivity index (χ2v) is 6.95. The number of para-hydroxylation sites is 1. The summed E-state index contributed by atoms with van der Waals surface area (Å²) in [5, 5.41) is 3.14. The molecule has 144 valence electrons. The fourth-order valence-electron chi connectivity index (χ4n) is 3.36. The Morgan fingerprint density at radius 3 is 2.41 bits per heavy atom. The summed E-state index contributed by atoms with van der Waals surface area (Å²) in [5.74, 6) is 0.678. The Morgan fingerprint density at radius 2 is 1.74 bits per heavy atom. The Balaban J connectivity index is 1.63. The first kappa shape index (κ1) is 19.4. The van der Waals surface area contributed by atoms with Gasteiger partial charge in [0, 0.05) is 19.6 Å². The number of ether oxygens (including phenoxy) is 2. The molecule has 1 aliphatic rings. The van der Waals surface area contributed by atoms with Crippen molar-refractivity contribution < 1.29 is 14.3 Å². The number of carbonyl (C=O) groups excluding carboxylic acids is 1. The molecule has 0 aromatic heterocycles. The summed E-state index contributed by atoms with van der Waals surface area (Å²) in [7, 11) is 0. The minimum atomic E-state index is -0.111. The molecule has 1 fully saturated rings. The van der Waals surface area contributed by atoms with Crippen LogP contribution in [0.2, 0.25) is 0 Å². The van der Waals surface area contributed by atoms with Gasteiger partial charge >= 0.3 is 0 Å². The number of morpholine rings is 1. The first-order valence-electron chi connectivity index (χ1n) is 9.47. The fourth-order valence-corrected chi connectivity index (χ4v) is 3.36. The van der Waals surface area contributed by atoms with Gasteiger partial charge in [0.1, 0.15) is 5.75 Å². The van der Waals surface area contributed by atoms with Gasteiger partial charge in [-0.25, -0.2) is 0 Å². The van der Waals surface area contributed by atoms with Gasteiger partial charge in [-0.05, 0) is 30.5 Å². The molecule has 0 saturated carbocycles. The molecule has 0 aliphatic carbocycles. The Bertz CT molecular complexity index is 722. The van der Waals surface area contributed by atoms with Crippen LogP contribution in [0, 0.1) is 13.8 Å².